The fourth-order valence-electron chi connectivity index (χ4n) is 1.92. The maximum atomic E-state index is 9.33. The average molecular weight is 274 g/mol. The van der Waals surface area contributed by atoms with Crippen LogP contribution in [0, 0.1) is 25.2 Å². The van der Waals surface area contributed by atoms with Crippen LogP contribution in [0.1, 0.15) is 21.6 Å². The average Bonchev–Trinajstić information content (AvgIpc) is 2.83. The molecule has 3 heteroatoms. The number of thiophene rings is 1. The van der Waals surface area contributed by atoms with Crippen molar-refractivity contribution in [3.63, 3.8) is 0 Å². The summed E-state index contributed by atoms with van der Waals surface area (Å²) in [4.78, 5) is 0.908. The van der Waals surface area contributed by atoms with Crippen LogP contribution in [0.2, 0.25) is 0 Å². The summed E-state index contributed by atoms with van der Waals surface area (Å²) in [6.45, 7) is 4.02. The molecule has 0 radical (unpaired) electrons. The van der Waals surface area contributed by atoms with Crippen molar-refractivity contribution >= 4 is 33.5 Å². The van der Waals surface area contributed by atoms with Crippen molar-refractivity contribution in [2.75, 3.05) is 0 Å². The van der Waals surface area contributed by atoms with Gasteiger partial charge in [0, 0.05) is 10.4 Å². The minimum atomic E-state index is 0.538. The number of nitrogens with zero attached hydrogens (tertiary/aromatic N) is 1. The Bertz CT molecular complexity index is 613. The predicted octanol–water partition coefficient (Wildman–Crippen LogP) is 5.00. The van der Waals surface area contributed by atoms with Gasteiger partial charge in [-0.1, -0.05) is 35.9 Å². The molecule has 1 nitrogen and oxygen atoms in total. The highest BCUT2D eigenvalue weighted by Crippen LogP contribution is 2.34. The number of hydrogen-bond donors (Lipinski definition) is 0. The zero-order valence-corrected chi connectivity index (χ0v) is 11.8. The van der Waals surface area contributed by atoms with Crippen molar-refractivity contribution in [1.82, 2.24) is 0 Å². The van der Waals surface area contributed by atoms with Crippen LogP contribution in [0.4, 0.5) is 0 Å². The van der Waals surface area contributed by atoms with E-state index in [1.165, 1.54) is 11.3 Å². The van der Waals surface area contributed by atoms with E-state index in [-0.39, 0.29) is 0 Å². The van der Waals surface area contributed by atoms with Crippen LogP contribution in [0.5, 0.6) is 0 Å². The Morgan fingerprint density at radius 1 is 1.17 bits per heavy atom. The molecule has 0 aliphatic carbocycles. The number of rotatable bonds is 2. The first-order valence-corrected chi connectivity index (χ1v) is 6.81. The monoisotopic (exact) mass is 273 g/mol. The van der Waals surface area contributed by atoms with Crippen molar-refractivity contribution in [2.24, 2.45) is 0 Å². The third kappa shape index (κ3) is 2.33. The molecule has 0 N–H and O–H groups in total. The standard InChI is InChI=1S/C15H12ClNS/c1-10-5-3-6-11(2)14(10)15(16)12(9-17)13-7-4-8-18-13/h3-8H,1-2H3/b15-12+. The van der Waals surface area contributed by atoms with E-state index in [0.29, 0.717) is 10.6 Å². The second-order valence-electron chi connectivity index (χ2n) is 4.04. The van der Waals surface area contributed by atoms with Crippen molar-refractivity contribution < 1.29 is 0 Å². The summed E-state index contributed by atoms with van der Waals surface area (Å²) in [6, 6.07) is 12.1. The second-order valence-corrected chi connectivity index (χ2v) is 5.37. The van der Waals surface area contributed by atoms with E-state index in [2.05, 4.69) is 6.07 Å². The molecule has 90 valence electrons. The number of hydrogen-bond acceptors (Lipinski definition) is 2. The lowest BCUT2D eigenvalue weighted by Crippen LogP contribution is -1.91. The van der Waals surface area contributed by atoms with Gasteiger partial charge in [-0.25, -0.2) is 0 Å². The molecule has 1 heterocycles. The zero-order chi connectivity index (χ0) is 13.1. The molecule has 0 fully saturated rings. The van der Waals surface area contributed by atoms with E-state index in [0.717, 1.165) is 21.6 Å². The van der Waals surface area contributed by atoms with Gasteiger partial charge in [-0.05, 0) is 36.4 Å². The zero-order valence-electron chi connectivity index (χ0n) is 10.2. The summed E-state index contributed by atoms with van der Waals surface area (Å²) in [7, 11) is 0. The van der Waals surface area contributed by atoms with Gasteiger partial charge in [-0.15, -0.1) is 11.3 Å². The molecule has 2 rings (SSSR count). The largest absolute Gasteiger partial charge is 0.192 e. The third-order valence-corrected chi connectivity index (χ3v) is 4.06. The molecule has 2 aromatic rings. The Morgan fingerprint density at radius 3 is 2.33 bits per heavy atom. The van der Waals surface area contributed by atoms with Gasteiger partial charge in [0.05, 0.1) is 10.6 Å². The normalized spacial score (nSPS) is 11.9. The molecular formula is C15H12ClNS. The first-order valence-electron chi connectivity index (χ1n) is 5.55. The highest BCUT2D eigenvalue weighted by Gasteiger charge is 2.13. The van der Waals surface area contributed by atoms with E-state index < -0.39 is 0 Å². The van der Waals surface area contributed by atoms with Gasteiger partial charge >= 0.3 is 0 Å². The molecule has 0 amide bonds. The van der Waals surface area contributed by atoms with E-state index in [1.54, 1.807) is 0 Å². The fraction of sp³-hybridized carbons (Fsp3) is 0.133. The maximum absolute atomic E-state index is 9.33. The molecule has 0 spiro atoms. The summed E-state index contributed by atoms with van der Waals surface area (Å²) in [5.74, 6) is 0. The summed E-state index contributed by atoms with van der Waals surface area (Å²) in [5.41, 5.74) is 3.68. The molecule has 1 aromatic carbocycles. The first kappa shape index (κ1) is 12.9. The molecule has 0 aliphatic rings. The minimum absolute atomic E-state index is 0.538. The Hall–Kier alpha value is -1.56. The Morgan fingerprint density at radius 2 is 1.83 bits per heavy atom. The van der Waals surface area contributed by atoms with Crippen molar-refractivity contribution in [2.45, 2.75) is 13.8 Å². The van der Waals surface area contributed by atoms with Gasteiger partial charge in [0.2, 0.25) is 0 Å². The van der Waals surface area contributed by atoms with E-state index in [4.69, 9.17) is 11.6 Å². The first-order chi connectivity index (χ1) is 8.65. The molecule has 0 atom stereocenters. The lowest BCUT2D eigenvalue weighted by molar-refractivity contribution is 1.35. The fourth-order valence-corrected chi connectivity index (χ4v) is 3.14. The Kier molecular flexibility index (Phi) is 3.86. The number of aryl methyl sites for hydroxylation is 2. The number of benzene rings is 1. The smallest absolute Gasteiger partial charge is 0.102 e. The molecule has 0 aliphatic heterocycles. The lowest BCUT2D eigenvalue weighted by Gasteiger charge is -2.09. The molecule has 0 bridgehead atoms. The number of nitriles is 1. The molecule has 0 unspecified atom stereocenters. The summed E-state index contributed by atoms with van der Waals surface area (Å²) < 4.78 is 0. The number of halogens is 1. The van der Waals surface area contributed by atoms with E-state index in [1.807, 2.05) is 49.6 Å². The van der Waals surface area contributed by atoms with Gasteiger partial charge in [0.25, 0.3) is 0 Å². The molecule has 18 heavy (non-hydrogen) atoms. The topological polar surface area (TPSA) is 23.8 Å². The van der Waals surface area contributed by atoms with Crippen molar-refractivity contribution in [3.05, 3.63) is 57.3 Å². The quantitative estimate of drug-likeness (QED) is 0.707. The lowest BCUT2D eigenvalue weighted by atomic mass is 10.00. The van der Waals surface area contributed by atoms with Crippen LogP contribution in [-0.2, 0) is 0 Å². The highest BCUT2D eigenvalue weighted by molar-refractivity contribution is 7.11. The van der Waals surface area contributed by atoms with Crippen LogP contribution in [0.25, 0.3) is 10.6 Å². The van der Waals surface area contributed by atoms with Crippen LogP contribution >= 0.6 is 22.9 Å². The summed E-state index contributed by atoms with van der Waals surface area (Å²) >= 11 is 7.96. The van der Waals surface area contributed by atoms with Gasteiger partial charge in [0.15, 0.2) is 0 Å². The van der Waals surface area contributed by atoms with Crippen LogP contribution < -0.4 is 0 Å². The summed E-state index contributed by atoms with van der Waals surface area (Å²) in [5, 5.41) is 11.8. The van der Waals surface area contributed by atoms with Gasteiger partial charge in [-0.2, -0.15) is 5.26 Å². The highest BCUT2D eigenvalue weighted by atomic mass is 35.5. The third-order valence-electron chi connectivity index (χ3n) is 2.80. The predicted molar refractivity (Wildman–Crippen MR) is 78.5 cm³/mol. The van der Waals surface area contributed by atoms with Crippen molar-refractivity contribution in [3.8, 4) is 6.07 Å². The van der Waals surface area contributed by atoms with Gasteiger partial charge < -0.3 is 0 Å². The van der Waals surface area contributed by atoms with Crippen LogP contribution in [0.15, 0.2) is 35.7 Å². The molecule has 1 aromatic heterocycles. The SMILES string of the molecule is Cc1cccc(C)c1/C(Cl)=C(/C#N)c1cccs1. The van der Waals surface area contributed by atoms with Crippen molar-refractivity contribution in [1.29, 1.82) is 5.26 Å². The van der Waals surface area contributed by atoms with Crippen LogP contribution in [-0.4, -0.2) is 0 Å². The van der Waals surface area contributed by atoms with Gasteiger partial charge in [-0.3, -0.25) is 0 Å². The minimum Gasteiger partial charge on any atom is -0.192 e. The molecule has 0 saturated carbocycles. The summed E-state index contributed by atoms with van der Waals surface area (Å²) in [6.07, 6.45) is 0. The Balaban J connectivity index is 2.66. The van der Waals surface area contributed by atoms with Gasteiger partial charge in [0.1, 0.15) is 6.07 Å². The van der Waals surface area contributed by atoms with E-state index >= 15 is 0 Å². The van der Waals surface area contributed by atoms with E-state index in [9.17, 15) is 5.26 Å². The maximum Gasteiger partial charge on any atom is 0.102 e. The second kappa shape index (κ2) is 5.39. The molecule has 0 saturated heterocycles. The number of allylic oxidation sites excluding steroid dienone is 1. The molecular weight excluding hydrogens is 262 g/mol. The van der Waals surface area contributed by atoms with Crippen LogP contribution in [0.3, 0.4) is 0 Å². The Labute approximate surface area is 116 Å².